The highest BCUT2D eigenvalue weighted by atomic mass is 16.3. The fourth-order valence-corrected chi connectivity index (χ4v) is 5.83. The second kappa shape index (κ2) is 13.9. The summed E-state index contributed by atoms with van der Waals surface area (Å²) >= 11 is 0. The zero-order valence-corrected chi connectivity index (χ0v) is 25.8. The van der Waals surface area contributed by atoms with Crippen LogP contribution >= 0.6 is 0 Å². The number of hydrogen-bond donors (Lipinski definition) is 5. The summed E-state index contributed by atoms with van der Waals surface area (Å²) in [5.74, 6) is -0.470. The smallest absolute Gasteiger partial charge is 0.256 e. The van der Waals surface area contributed by atoms with E-state index >= 15 is 0 Å². The Bertz CT molecular complexity index is 1640. The molecule has 0 fully saturated rings. The topological polar surface area (TPSA) is 109 Å². The van der Waals surface area contributed by atoms with E-state index in [0.717, 1.165) is 41.2 Å². The first kappa shape index (κ1) is 30.9. The van der Waals surface area contributed by atoms with Gasteiger partial charge in [-0.15, -0.1) is 0 Å². The normalized spacial score (nSPS) is 14.9. The lowest BCUT2D eigenvalue weighted by Gasteiger charge is -2.24. The molecule has 0 bridgehead atoms. The van der Waals surface area contributed by atoms with Crippen LogP contribution in [-0.4, -0.2) is 59.1 Å². The van der Waals surface area contributed by atoms with Gasteiger partial charge in [-0.05, 0) is 74.5 Å². The average molecular weight is 592 g/mol. The molecule has 0 radical (unpaired) electrons. The molecule has 0 saturated carbocycles. The van der Waals surface area contributed by atoms with E-state index in [1.54, 1.807) is 18.2 Å². The number of nitrogens with one attached hydrogen (secondary N) is 4. The number of aliphatic hydroxyl groups excluding tert-OH is 1. The lowest BCUT2D eigenvalue weighted by Crippen LogP contribution is -2.39. The second-order valence-electron chi connectivity index (χ2n) is 11.2. The number of aryl methyl sites for hydroxylation is 1. The molecule has 2 amide bonds. The van der Waals surface area contributed by atoms with E-state index in [9.17, 15) is 14.7 Å². The van der Waals surface area contributed by atoms with E-state index in [2.05, 4.69) is 58.7 Å². The monoisotopic (exact) mass is 591 g/mol. The second-order valence-corrected chi connectivity index (χ2v) is 11.2. The molecule has 2 heterocycles. The molecule has 2 atom stereocenters. The molecule has 8 nitrogen and oxygen atoms in total. The Labute approximate surface area is 259 Å². The van der Waals surface area contributed by atoms with Crippen molar-refractivity contribution in [3.05, 3.63) is 107 Å². The Hall–Kier alpha value is -4.50. The lowest BCUT2D eigenvalue weighted by molar-refractivity contribution is -0.110. The fraction of sp³-hybridized carbons (Fsp3) is 0.278. The molecule has 8 heteroatoms. The van der Waals surface area contributed by atoms with Gasteiger partial charge in [0.2, 0.25) is 0 Å². The first-order valence-electron chi connectivity index (χ1n) is 15.2. The molecule has 5 rings (SSSR count). The van der Waals surface area contributed by atoms with Crippen molar-refractivity contribution in [1.29, 1.82) is 0 Å². The van der Waals surface area contributed by atoms with Gasteiger partial charge < -0.3 is 30.9 Å². The average Bonchev–Trinajstić information content (AvgIpc) is 3.54. The zero-order valence-electron chi connectivity index (χ0n) is 25.8. The standard InChI is InChI=1S/C36H41N5O3/c1-5-41(6-2)22-28(42)21-37-23(3)33-24(4)38-32(34(33)25-13-9-7-10-14-25)20-30-29-19-26(17-18-31(29)40-36(30)44)35(43)39-27-15-11-8-12-16-27/h7-20,23,28,37-38,42H,5-6,21-22H2,1-4H3,(H,39,43)(H,40,44)/b30-20-. The van der Waals surface area contributed by atoms with Crippen LogP contribution in [0, 0.1) is 6.92 Å². The minimum atomic E-state index is -0.495. The van der Waals surface area contributed by atoms with Gasteiger partial charge in [0, 0.05) is 58.6 Å². The zero-order chi connectivity index (χ0) is 31.2. The number of H-pyrrole nitrogens is 1. The van der Waals surface area contributed by atoms with Crippen LogP contribution in [-0.2, 0) is 4.79 Å². The van der Waals surface area contributed by atoms with Crippen LogP contribution in [0.4, 0.5) is 11.4 Å². The van der Waals surface area contributed by atoms with Gasteiger partial charge in [-0.1, -0.05) is 62.4 Å². The summed E-state index contributed by atoms with van der Waals surface area (Å²) in [6.07, 6.45) is 1.38. The van der Waals surface area contributed by atoms with Crippen LogP contribution in [0.2, 0.25) is 0 Å². The van der Waals surface area contributed by atoms with Gasteiger partial charge >= 0.3 is 0 Å². The molecule has 0 spiro atoms. The van der Waals surface area contributed by atoms with E-state index < -0.39 is 6.10 Å². The Kier molecular flexibility index (Phi) is 9.75. The van der Waals surface area contributed by atoms with Crippen molar-refractivity contribution in [3.8, 4) is 11.1 Å². The number of benzene rings is 3. The number of aromatic nitrogens is 1. The molecular weight excluding hydrogens is 550 g/mol. The number of nitrogens with zero attached hydrogens (tertiary/aromatic N) is 1. The van der Waals surface area contributed by atoms with Crippen molar-refractivity contribution < 1.29 is 14.7 Å². The predicted octanol–water partition coefficient (Wildman–Crippen LogP) is 6.09. The summed E-state index contributed by atoms with van der Waals surface area (Å²) in [6.45, 7) is 11.2. The van der Waals surface area contributed by atoms with E-state index in [4.69, 9.17) is 0 Å². The molecule has 1 aliphatic heterocycles. The highest BCUT2D eigenvalue weighted by molar-refractivity contribution is 6.35. The molecule has 2 unspecified atom stereocenters. The van der Waals surface area contributed by atoms with E-state index in [0.29, 0.717) is 41.2 Å². The summed E-state index contributed by atoms with van der Waals surface area (Å²) < 4.78 is 0. The summed E-state index contributed by atoms with van der Waals surface area (Å²) in [7, 11) is 0. The first-order valence-corrected chi connectivity index (χ1v) is 15.2. The van der Waals surface area contributed by atoms with Crippen LogP contribution in [0.15, 0.2) is 78.9 Å². The number of rotatable bonds is 12. The maximum atomic E-state index is 13.3. The maximum Gasteiger partial charge on any atom is 0.256 e. The van der Waals surface area contributed by atoms with Crippen LogP contribution in [0.1, 0.15) is 59.7 Å². The fourth-order valence-electron chi connectivity index (χ4n) is 5.83. The number of carbonyl (C=O) groups is 2. The molecule has 4 aromatic rings. The number of hydrogen-bond acceptors (Lipinski definition) is 5. The Morgan fingerprint density at radius 2 is 1.68 bits per heavy atom. The van der Waals surface area contributed by atoms with Crippen LogP contribution < -0.4 is 16.0 Å². The molecule has 5 N–H and O–H groups in total. The third-order valence-corrected chi connectivity index (χ3v) is 8.17. The summed E-state index contributed by atoms with van der Waals surface area (Å²) in [6, 6.07) is 24.6. The number of likely N-dealkylation sites (N-methyl/N-ethyl adjacent to an activating group) is 1. The van der Waals surface area contributed by atoms with Gasteiger partial charge in [-0.2, -0.15) is 0 Å². The van der Waals surface area contributed by atoms with Gasteiger partial charge in [-0.25, -0.2) is 0 Å². The van der Waals surface area contributed by atoms with Gasteiger partial charge in [0.25, 0.3) is 11.8 Å². The summed E-state index contributed by atoms with van der Waals surface area (Å²) in [4.78, 5) is 32.1. The minimum Gasteiger partial charge on any atom is -0.390 e. The van der Waals surface area contributed by atoms with Crippen LogP contribution in [0.25, 0.3) is 22.8 Å². The van der Waals surface area contributed by atoms with Gasteiger partial charge in [-0.3, -0.25) is 9.59 Å². The molecule has 1 aliphatic rings. The van der Waals surface area contributed by atoms with Crippen molar-refractivity contribution in [1.82, 2.24) is 15.2 Å². The number of carbonyl (C=O) groups excluding carboxylic acids is 2. The van der Waals surface area contributed by atoms with Gasteiger partial charge in [0.15, 0.2) is 0 Å². The lowest BCUT2D eigenvalue weighted by atomic mass is 9.94. The number of anilines is 2. The summed E-state index contributed by atoms with van der Waals surface area (Å²) in [5, 5.41) is 20.1. The highest BCUT2D eigenvalue weighted by Crippen LogP contribution is 2.39. The minimum absolute atomic E-state index is 0.0714. The largest absolute Gasteiger partial charge is 0.390 e. The molecule has 44 heavy (non-hydrogen) atoms. The Morgan fingerprint density at radius 3 is 2.36 bits per heavy atom. The molecular formula is C36H41N5O3. The van der Waals surface area contributed by atoms with E-state index in [1.807, 2.05) is 61.5 Å². The van der Waals surface area contributed by atoms with Gasteiger partial charge in [0.1, 0.15) is 0 Å². The number of amides is 2. The number of fused-ring (bicyclic) bond motifs is 1. The first-order chi connectivity index (χ1) is 21.3. The molecule has 3 aromatic carbocycles. The summed E-state index contributed by atoms with van der Waals surface area (Å²) in [5.41, 5.74) is 7.85. The quantitative estimate of drug-likeness (QED) is 0.128. The van der Waals surface area contributed by atoms with Crippen molar-refractivity contribution >= 4 is 34.8 Å². The Morgan fingerprint density at radius 1 is 1.00 bits per heavy atom. The van der Waals surface area contributed by atoms with Crippen molar-refractivity contribution in [2.24, 2.45) is 0 Å². The van der Waals surface area contributed by atoms with Crippen molar-refractivity contribution in [2.45, 2.75) is 39.8 Å². The third-order valence-electron chi connectivity index (χ3n) is 8.17. The van der Waals surface area contributed by atoms with Crippen LogP contribution in [0.3, 0.4) is 0 Å². The van der Waals surface area contributed by atoms with Crippen molar-refractivity contribution in [3.63, 3.8) is 0 Å². The maximum absolute atomic E-state index is 13.3. The van der Waals surface area contributed by atoms with E-state index in [1.165, 1.54) is 0 Å². The molecule has 0 aliphatic carbocycles. The van der Waals surface area contributed by atoms with Crippen molar-refractivity contribution in [2.75, 3.05) is 36.8 Å². The number of para-hydroxylation sites is 1. The molecule has 228 valence electrons. The van der Waals surface area contributed by atoms with E-state index in [-0.39, 0.29) is 17.9 Å². The van der Waals surface area contributed by atoms with Gasteiger partial charge in [0.05, 0.1) is 11.7 Å². The third kappa shape index (κ3) is 6.83. The number of aliphatic hydroxyl groups is 1. The highest BCUT2D eigenvalue weighted by Gasteiger charge is 2.28. The number of aromatic amines is 1. The molecule has 0 saturated heterocycles. The Balaban J connectivity index is 1.48. The SMILES string of the molecule is CCN(CC)CC(O)CNC(C)c1c(C)[nH]c(/C=C2\C(=O)Nc3ccc(C(=O)Nc4ccccc4)cc32)c1-c1ccccc1. The van der Waals surface area contributed by atoms with Crippen LogP contribution in [0.5, 0.6) is 0 Å². The molecule has 1 aromatic heterocycles. The predicted molar refractivity (Wildman–Crippen MR) is 179 cm³/mol.